The van der Waals surface area contributed by atoms with Crippen molar-refractivity contribution in [3.8, 4) is 0 Å². The smallest absolute Gasteiger partial charge is 0.0717 e. The fourth-order valence-electron chi connectivity index (χ4n) is 2.82. The zero-order valence-corrected chi connectivity index (χ0v) is 16.8. The molecule has 0 radical (unpaired) electrons. The number of hydrogen-bond donors (Lipinski definition) is 1. The molecular weight excluding hydrogens is 320 g/mol. The molecule has 1 rings (SSSR count). The third kappa shape index (κ3) is 8.34. The molecule has 0 atom stereocenters. The van der Waals surface area contributed by atoms with Crippen LogP contribution in [0.25, 0.3) is 0 Å². The van der Waals surface area contributed by atoms with Gasteiger partial charge in [0, 0.05) is 19.5 Å². The van der Waals surface area contributed by atoms with Gasteiger partial charge in [-0.3, -0.25) is 15.0 Å². The average molecular weight is 355 g/mol. The van der Waals surface area contributed by atoms with Crippen molar-refractivity contribution < 1.29 is 0 Å². The van der Waals surface area contributed by atoms with Crippen LogP contribution in [0.15, 0.2) is 63.3 Å². The lowest BCUT2D eigenvalue weighted by Gasteiger charge is -2.21. The minimum Gasteiger partial charge on any atom is -0.317 e. The summed E-state index contributed by atoms with van der Waals surface area (Å²) in [4.78, 5) is 13.1. The molecule has 142 valence electrons. The molecule has 1 heterocycles. The Balaban J connectivity index is 3.01. The van der Waals surface area contributed by atoms with Crippen LogP contribution >= 0.6 is 0 Å². The van der Waals surface area contributed by atoms with Crippen molar-refractivity contribution >= 4 is 17.6 Å². The highest BCUT2D eigenvalue weighted by Gasteiger charge is 2.11. The van der Waals surface area contributed by atoms with Crippen molar-refractivity contribution in [2.75, 3.05) is 20.1 Å². The van der Waals surface area contributed by atoms with Crippen LogP contribution < -0.4 is 5.32 Å². The number of piperidine rings is 1. The number of aliphatic imine (C=N–C) groups is 3. The van der Waals surface area contributed by atoms with E-state index in [2.05, 4.69) is 47.0 Å². The normalized spacial score (nSPS) is 18.9. The van der Waals surface area contributed by atoms with Crippen LogP contribution in [0.1, 0.15) is 46.5 Å². The molecule has 1 N–H and O–H groups in total. The molecule has 26 heavy (non-hydrogen) atoms. The summed E-state index contributed by atoms with van der Waals surface area (Å²) in [6.45, 7) is 12.0. The molecule has 1 fully saturated rings. The largest absolute Gasteiger partial charge is 0.317 e. The van der Waals surface area contributed by atoms with Crippen LogP contribution in [0.4, 0.5) is 0 Å². The van der Waals surface area contributed by atoms with Crippen LogP contribution in [0.2, 0.25) is 0 Å². The van der Waals surface area contributed by atoms with Crippen LogP contribution in [0.3, 0.4) is 0 Å². The van der Waals surface area contributed by atoms with E-state index >= 15 is 0 Å². The highest BCUT2D eigenvalue weighted by Crippen LogP contribution is 2.19. The van der Waals surface area contributed by atoms with E-state index in [1.807, 2.05) is 19.9 Å². The lowest BCUT2D eigenvalue weighted by atomic mass is 9.94. The number of hydrogen-bond acceptors (Lipinski definition) is 4. The highest BCUT2D eigenvalue weighted by molar-refractivity contribution is 6.41. The molecule has 0 saturated carbocycles. The van der Waals surface area contributed by atoms with Gasteiger partial charge in [0.25, 0.3) is 0 Å². The minimum absolute atomic E-state index is 0.784. The molecular formula is C22H34N4. The third-order valence-electron chi connectivity index (χ3n) is 4.42. The Morgan fingerprint density at radius 1 is 1.19 bits per heavy atom. The van der Waals surface area contributed by atoms with Crippen molar-refractivity contribution in [1.82, 2.24) is 5.32 Å². The molecule has 0 bridgehead atoms. The summed E-state index contributed by atoms with van der Waals surface area (Å²) in [7, 11) is 1.77. The number of allylic oxidation sites excluding steroid dienone is 4. The Labute approximate surface area is 159 Å². The first-order valence-corrected chi connectivity index (χ1v) is 9.53. The van der Waals surface area contributed by atoms with Crippen LogP contribution in [0, 0.1) is 5.92 Å². The van der Waals surface area contributed by atoms with E-state index in [9.17, 15) is 0 Å². The topological polar surface area (TPSA) is 49.1 Å². The maximum atomic E-state index is 4.80. The SMILES string of the molecule is C=CN=C(C)C(C)=NC(=C\C=NC)/C(/C=C\CC1CCNCC1)=C/CC. The van der Waals surface area contributed by atoms with Gasteiger partial charge in [-0.1, -0.05) is 31.7 Å². The standard InChI is InChI=1S/C22H34N4/c1-6-9-21(11-8-10-20-12-16-24-17-13-20)22(14-15-23-5)26-19(4)18(3)25-7-2/h7-9,11,14-15,20,24H,2,6,10,12-13,16-17H2,1,3-5H3/b11-8-,21-9+,22-14-,23-15?,25-18?,26-19?. The molecule has 4 heteroatoms. The summed E-state index contributed by atoms with van der Waals surface area (Å²) in [5.41, 5.74) is 3.80. The van der Waals surface area contributed by atoms with Gasteiger partial charge < -0.3 is 5.32 Å². The Kier molecular flexibility index (Phi) is 11.1. The lowest BCUT2D eigenvalue weighted by molar-refractivity contribution is 0.377. The van der Waals surface area contributed by atoms with Gasteiger partial charge in [-0.2, -0.15) is 0 Å². The van der Waals surface area contributed by atoms with E-state index in [4.69, 9.17) is 4.99 Å². The number of rotatable bonds is 9. The predicted molar refractivity (Wildman–Crippen MR) is 117 cm³/mol. The van der Waals surface area contributed by atoms with Gasteiger partial charge in [-0.25, -0.2) is 0 Å². The van der Waals surface area contributed by atoms with E-state index in [0.29, 0.717) is 0 Å². The van der Waals surface area contributed by atoms with Crippen molar-refractivity contribution in [1.29, 1.82) is 0 Å². The second-order valence-corrected chi connectivity index (χ2v) is 6.45. The fourth-order valence-corrected chi connectivity index (χ4v) is 2.82. The van der Waals surface area contributed by atoms with Crippen LogP contribution in [-0.4, -0.2) is 37.8 Å². The molecule has 0 aliphatic carbocycles. The highest BCUT2D eigenvalue weighted by atomic mass is 14.9. The second kappa shape index (κ2) is 13.2. The van der Waals surface area contributed by atoms with Gasteiger partial charge in [0.05, 0.1) is 17.1 Å². The summed E-state index contributed by atoms with van der Waals surface area (Å²) in [5.74, 6) is 0.784. The van der Waals surface area contributed by atoms with Gasteiger partial charge in [0.2, 0.25) is 0 Å². The second-order valence-electron chi connectivity index (χ2n) is 6.45. The van der Waals surface area contributed by atoms with Crippen molar-refractivity contribution in [2.24, 2.45) is 20.9 Å². The molecule has 0 aromatic heterocycles. The molecule has 1 saturated heterocycles. The van der Waals surface area contributed by atoms with Crippen molar-refractivity contribution in [3.63, 3.8) is 0 Å². The molecule has 1 aliphatic rings. The number of nitrogens with zero attached hydrogens (tertiary/aromatic N) is 3. The molecule has 0 amide bonds. The molecule has 1 aliphatic heterocycles. The Hall–Kier alpha value is -2.07. The molecule has 0 aromatic rings. The van der Waals surface area contributed by atoms with Gasteiger partial charge in [0.15, 0.2) is 0 Å². The van der Waals surface area contributed by atoms with Gasteiger partial charge in [-0.05, 0) is 70.2 Å². The summed E-state index contributed by atoms with van der Waals surface area (Å²) in [6, 6.07) is 0. The van der Waals surface area contributed by atoms with Crippen molar-refractivity contribution in [3.05, 3.63) is 48.4 Å². The average Bonchev–Trinajstić information content (AvgIpc) is 2.65. The van der Waals surface area contributed by atoms with Gasteiger partial charge in [-0.15, -0.1) is 0 Å². The van der Waals surface area contributed by atoms with E-state index < -0.39 is 0 Å². The van der Waals surface area contributed by atoms with Gasteiger partial charge in [0.1, 0.15) is 0 Å². The minimum atomic E-state index is 0.784. The third-order valence-corrected chi connectivity index (χ3v) is 4.42. The first-order chi connectivity index (χ1) is 12.6. The van der Waals surface area contributed by atoms with E-state index in [1.165, 1.54) is 12.8 Å². The molecule has 4 nitrogen and oxygen atoms in total. The van der Waals surface area contributed by atoms with E-state index in [0.717, 1.165) is 54.5 Å². The van der Waals surface area contributed by atoms with Crippen LogP contribution in [-0.2, 0) is 0 Å². The molecule has 0 aromatic carbocycles. The first kappa shape index (κ1) is 22.0. The zero-order chi connectivity index (χ0) is 19.2. The summed E-state index contributed by atoms with van der Waals surface area (Å²) in [6.07, 6.45) is 16.6. The number of nitrogens with one attached hydrogen (secondary N) is 1. The molecule has 0 unspecified atom stereocenters. The Bertz CT molecular complexity index is 612. The maximum Gasteiger partial charge on any atom is 0.0717 e. The van der Waals surface area contributed by atoms with Crippen molar-refractivity contribution in [2.45, 2.75) is 46.5 Å². The summed E-state index contributed by atoms with van der Waals surface area (Å²) < 4.78 is 0. The zero-order valence-electron chi connectivity index (χ0n) is 16.8. The summed E-state index contributed by atoms with van der Waals surface area (Å²) in [5, 5.41) is 3.42. The Morgan fingerprint density at radius 3 is 2.54 bits per heavy atom. The summed E-state index contributed by atoms with van der Waals surface area (Å²) >= 11 is 0. The lowest BCUT2D eigenvalue weighted by Crippen LogP contribution is -2.27. The van der Waals surface area contributed by atoms with Crippen LogP contribution in [0.5, 0.6) is 0 Å². The van der Waals surface area contributed by atoms with Gasteiger partial charge >= 0.3 is 0 Å². The monoisotopic (exact) mass is 354 g/mol. The maximum absolute atomic E-state index is 4.80. The van der Waals surface area contributed by atoms with E-state index in [1.54, 1.807) is 19.5 Å². The molecule has 0 spiro atoms. The predicted octanol–water partition coefficient (Wildman–Crippen LogP) is 4.92. The fraction of sp³-hybridized carbons (Fsp3) is 0.500. The first-order valence-electron chi connectivity index (χ1n) is 9.53. The quantitative estimate of drug-likeness (QED) is 0.464. The Morgan fingerprint density at radius 2 is 1.92 bits per heavy atom. The van der Waals surface area contributed by atoms with E-state index in [-0.39, 0.29) is 0 Å².